The Morgan fingerprint density at radius 1 is 1.48 bits per heavy atom. The summed E-state index contributed by atoms with van der Waals surface area (Å²) in [7, 11) is 0. The number of nitrogens with two attached hydrogens (primary N) is 1. The Kier molecular flexibility index (Phi) is 5.02. The molecule has 2 aromatic rings. The summed E-state index contributed by atoms with van der Waals surface area (Å²) in [6.45, 7) is 2.97. The normalized spacial score (nSPS) is 12.0. The van der Waals surface area contributed by atoms with Gasteiger partial charge in [-0.25, -0.2) is 0 Å². The van der Waals surface area contributed by atoms with E-state index in [4.69, 9.17) is 12.2 Å². The quantitative estimate of drug-likeness (QED) is 0.796. The lowest BCUT2D eigenvalue weighted by Gasteiger charge is -2.23. The first-order chi connectivity index (χ1) is 10.2. The van der Waals surface area contributed by atoms with Crippen LogP contribution >= 0.6 is 0 Å². The number of fused-ring (bicyclic) bond motifs is 1. The smallest absolute Gasteiger partial charge is 0.240 e. The van der Waals surface area contributed by atoms with E-state index in [1.807, 2.05) is 37.4 Å². The number of terminal acetylenes is 1. The third kappa shape index (κ3) is 3.45. The number of carbonyl (C=O) groups excluding carboxylic acids is 1. The third-order valence-corrected chi connectivity index (χ3v) is 3.52. The third-order valence-electron chi connectivity index (χ3n) is 3.52. The van der Waals surface area contributed by atoms with Crippen molar-refractivity contribution in [2.45, 2.75) is 25.8 Å². The summed E-state index contributed by atoms with van der Waals surface area (Å²) >= 11 is 0. The summed E-state index contributed by atoms with van der Waals surface area (Å²) < 4.78 is 0. The molecule has 1 aromatic carbocycles. The number of hydrogen-bond donors (Lipinski definition) is 2. The van der Waals surface area contributed by atoms with Crippen LogP contribution < -0.4 is 5.73 Å². The van der Waals surface area contributed by atoms with Crippen LogP contribution in [0.1, 0.15) is 18.9 Å². The molecule has 0 bridgehead atoms. The molecule has 1 aromatic heterocycles. The number of rotatable bonds is 6. The van der Waals surface area contributed by atoms with Crippen LogP contribution in [0, 0.1) is 12.3 Å². The van der Waals surface area contributed by atoms with Gasteiger partial charge < -0.3 is 15.6 Å². The zero-order valence-electron chi connectivity index (χ0n) is 12.3. The van der Waals surface area contributed by atoms with Gasteiger partial charge in [-0.2, -0.15) is 0 Å². The van der Waals surface area contributed by atoms with Gasteiger partial charge in [0, 0.05) is 23.6 Å². The molecule has 0 aliphatic rings. The van der Waals surface area contributed by atoms with Crippen LogP contribution in [-0.2, 0) is 11.2 Å². The van der Waals surface area contributed by atoms with E-state index in [-0.39, 0.29) is 5.91 Å². The van der Waals surface area contributed by atoms with Crippen molar-refractivity contribution in [2.75, 3.05) is 13.1 Å². The SMILES string of the molecule is C#CCN(CCC)C(=O)C(N)Cc1c[nH]c2ccccc12. The molecule has 1 heterocycles. The highest BCUT2D eigenvalue weighted by atomic mass is 16.2. The van der Waals surface area contributed by atoms with Crippen molar-refractivity contribution in [3.63, 3.8) is 0 Å². The number of nitrogens with zero attached hydrogens (tertiary/aromatic N) is 1. The van der Waals surface area contributed by atoms with Crippen molar-refractivity contribution in [3.8, 4) is 12.3 Å². The first kappa shape index (κ1) is 15.1. The minimum absolute atomic E-state index is 0.0833. The Balaban J connectivity index is 2.11. The standard InChI is InChI=1S/C17H21N3O/c1-3-9-20(10-4-2)17(21)15(18)11-13-12-19-16-8-6-5-7-14(13)16/h1,5-8,12,15,19H,4,9-11,18H2,2H3. The molecule has 0 saturated carbocycles. The van der Waals surface area contributed by atoms with Crippen molar-refractivity contribution < 1.29 is 4.79 Å². The van der Waals surface area contributed by atoms with E-state index in [0.29, 0.717) is 19.5 Å². The molecule has 0 fully saturated rings. The number of nitrogens with one attached hydrogen (secondary N) is 1. The average Bonchev–Trinajstić information content (AvgIpc) is 2.89. The van der Waals surface area contributed by atoms with E-state index in [1.165, 1.54) is 0 Å². The number of H-pyrrole nitrogens is 1. The van der Waals surface area contributed by atoms with Crippen molar-refractivity contribution in [3.05, 3.63) is 36.0 Å². The molecular weight excluding hydrogens is 262 g/mol. The van der Waals surface area contributed by atoms with Crippen molar-refractivity contribution in [2.24, 2.45) is 5.73 Å². The highest BCUT2D eigenvalue weighted by Crippen LogP contribution is 2.19. The molecule has 0 aliphatic heterocycles. The Labute approximate surface area is 125 Å². The highest BCUT2D eigenvalue weighted by Gasteiger charge is 2.21. The molecular formula is C17H21N3O. The maximum Gasteiger partial charge on any atom is 0.240 e. The number of aromatic amines is 1. The van der Waals surface area contributed by atoms with Gasteiger partial charge in [0.25, 0.3) is 0 Å². The second-order valence-electron chi connectivity index (χ2n) is 5.13. The molecule has 1 atom stereocenters. The van der Waals surface area contributed by atoms with Gasteiger partial charge in [-0.3, -0.25) is 4.79 Å². The van der Waals surface area contributed by atoms with Crippen LogP contribution in [0.2, 0.25) is 0 Å². The molecule has 1 amide bonds. The van der Waals surface area contributed by atoms with Crippen LogP contribution in [0.25, 0.3) is 10.9 Å². The molecule has 3 N–H and O–H groups in total. The van der Waals surface area contributed by atoms with Crippen LogP contribution in [0.4, 0.5) is 0 Å². The first-order valence-electron chi connectivity index (χ1n) is 7.20. The van der Waals surface area contributed by atoms with E-state index in [1.54, 1.807) is 4.90 Å². The number of hydrogen-bond acceptors (Lipinski definition) is 2. The second kappa shape index (κ2) is 6.96. The maximum atomic E-state index is 12.4. The van der Waals surface area contributed by atoms with Crippen molar-refractivity contribution in [1.29, 1.82) is 0 Å². The summed E-state index contributed by atoms with van der Waals surface area (Å²) in [4.78, 5) is 17.2. The fraction of sp³-hybridized carbons (Fsp3) is 0.353. The molecule has 4 nitrogen and oxygen atoms in total. The van der Waals surface area contributed by atoms with Gasteiger partial charge in [0.2, 0.25) is 5.91 Å². The van der Waals surface area contributed by atoms with Gasteiger partial charge in [0.05, 0.1) is 12.6 Å². The molecule has 21 heavy (non-hydrogen) atoms. The number of para-hydroxylation sites is 1. The number of amides is 1. The summed E-state index contributed by atoms with van der Waals surface area (Å²) in [5.74, 6) is 2.44. The van der Waals surface area contributed by atoms with E-state index >= 15 is 0 Å². The van der Waals surface area contributed by atoms with Crippen LogP contribution in [-0.4, -0.2) is 34.9 Å². The van der Waals surface area contributed by atoms with Gasteiger partial charge in [-0.05, 0) is 24.5 Å². The molecule has 2 rings (SSSR count). The van der Waals surface area contributed by atoms with Gasteiger partial charge in [0.15, 0.2) is 0 Å². The van der Waals surface area contributed by atoms with E-state index in [2.05, 4.69) is 10.9 Å². The topological polar surface area (TPSA) is 62.1 Å². The van der Waals surface area contributed by atoms with Crippen molar-refractivity contribution >= 4 is 16.8 Å². The highest BCUT2D eigenvalue weighted by molar-refractivity contribution is 5.86. The lowest BCUT2D eigenvalue weighted by Crippen LogP contribution is -2.45. The molecule has 0 spiro atoms. The fourth-order valence-corrected chi connectivity index (χ4v) is 2.51. The Hall–Kier alpha value is -2.25. The van der Waals surface area contributed by atoms with E-state index in [0.717, 1.165) is 22.9 Å². The van der Waals surface area contributed by atoms with Crippen molar-refractivity contribution in [1.82, 2.24) is 9.88 Å². The second-order valence-corrected chi connectivity index (χ2v) is 5.13. The molecule has 0 aliphatic carbocycles. The fourth-order valence-electron chi connectivity index (χ4n) is 2.51. The van der Waals surface area contributed by atoms with Gasteiger partial charge in [-0.1, -0.05) is 31.0 Å². The summed E-state index contributed by atoms with van der Waals surface area (Å²) in [6.07, 6.45) is 8.61. The summed E-state index contributed by atoms with van der Waals surface area (Å²) in [6, 6.07) is 7.43. The number of carbonyl (C=O) groups is 1. The van der Waals surface area contributed by atoms with E-state index < -0.39 is 6.04 Å². The Morgan fingerprint density at radius 3 is 2.95 bits per heavy atom. The number of benzene rings is 1. The first-order valence-corrected chi connectivity index (χ1v) is 7.20. The zero-order chi connectivity index (χ0) is 15.2. The predicted octanol–water partition coefficient (Wildman–Crippen LogP) is 1.91. The number of aromatic nitrogens is 1. The van der Waals surface area contributed by atoms with E-state index in [9.17, 15) is 4.79 Å². The molecule has 0 saturated heterocycles. The van der Waals surface area contributed by atoms with Gasteiger partial charge >= 0.3 is 0 Å². The monoisotopic (exact) mass is 283 g/mol. The maximum absolute atomic E-state index is 12.4. The molecule has 0 radical (unpaired) electrons. The molecule has 1 unspecified atom stereocenters. The van der Waals surface area contributed by atoms with Crippen LogP contribution in [0.5, 0.6) is 0 Å². The lowest BCUT2D eigenvalue weighted by atomic mass is 10.0. The van der Waals surface area contributed by atoms with Crippen LogP contribution in [0.3, 0.4) is 0 Å². The summed E-state index contributed by atoms with van der Waals surface area (Å²) in [5, 5.41) is 1.11. The largest absolute Gasteiger partial charge is 0.361 e. The van der Waals surface area contributed by atoms with Gasteiger partial charge in [-0.15, -0.1) is 6.42 Å². The molecule has 4 heteroatoms. The lowest BCUT2D eigenvalue weighted by molar-refractivity contribution is -0.132. The van der Waals surface area contributed by atoms with Crippen LogP contribution in [0.15, 0.2) is 30.5 Å². The predicted molar refractivity (Wildman–Crippen MR) is 85.7 cm³/mol. The molecule has 110 valence electrons. The Bertz CT molecular complexity index is 653. The minimum Gasteiger partial charge on any atom is -0.361 e. The Morgan fingerprint density at radius 2 is 2.24 bits per heavy atom. The van der Waals surface area contributed by atoms with Gasteiger partial charge in [0.1, 0.15) is 0 Å². The summed E-state index contributed by atoms with van der Waals surface area (Å²) in [5.41, 5.74) is 8.20. The zero-order valence-corrected chi connectivity index (χ0v) is 12.3. The minimum atomic E-state index is -0.566. The average molecular weight is 283 g/mol.